The number of aromatic nitrogens is 2. The summed E-state index contributed by atoms with van der Waals surface area (Å²) in [5, 5.41) is 4.02. The molecule has 0 aromatic carbocycles. The van der Waals surface area contributed by atoms with Crippen molar-refractivity contribution in [3.63, 3.8) is 0 Å². The molecule has 0 radical (unpaired) electrons. The molecule has 0 aliphatic heterocycles. The number of nitrogens with one attached hydrogen (secondary N) is 1. The Morgan fingerprint density at radius 2 is 2.35 bits per heavy atom. The average Bonchev–Trinajstić information content (AvgIpc) is 3.00. The second-order valence-electron chi connectivity index (χ2n) is 7.01. The average molecular weight is 333 g/mol. The standard InChI is InChI=1S/C17H23N3O2S/c1-11-7-12-13(8-17(2,3)9-14(12)22-11)19-15(21)10-23-16-18-5-6-20(16)4/h5-7,13H,8-10H2,1-4H3,(H,19,21). The molecule has 2 heterocycles. The van der Waals surface area contributed by atoms with Gasteiger partial charge in [0, 0.05) is 31.4 Å². The highest BCUT2D eigenvalue weighted by Crippen LogP contribution is 2.42. The number of hydrogen-bond donors (Lipinski definition) is 1. The lowest BCUT2D eigenvalue weighted by Gasteiger charge is -2.34. The molecule has 2 aromatic rings. The molecule has 0 saturated carbocycles. The Morgan fingerprint density at radius 3 is 3.04 bits per heavy atom. The number of nitrogens with zero attached hydrogens (tertiary/aromatic N) is 2. The first-order chi connectivity index (χ1) is 10.8. The van der Waals surface area contributed by atoms with Crippen LogP contribution in [-0.4, -0.2) is 21.2 Å². The molecule has 0 saturated heterocycles. The van der Waals surface area contributed by atoms with Crippen LogP contribution in [0.2, 0.25) is 0 Å². The van der Waals surface area contributed by atoms with Gasteiger partial charge >= 0.3 is 0 Å². The summed E-state index contributed by atoms with van der Waals surface area (Å²) in [5.74, 6) is 2.33. The van der Waals surface area contributed by atoms with Gasteiger partial charge in [-0.3, -0.25) is 4.79 Å². The van der Waals surface area contributed by atoms with E-state index in [-0.39, 0.29) is 17.4 Å². The lowest BCUT2D eigenvalue weighted by atomic mass is 9.75. The molecule has 1 aliphatic rings. The van der Waals surface area contributed by atoms with Crippen LogP contribution in [0.5, 0.6) is 0 Å². The van der Waals surface area contributed by atoms with Crippen LogP contribution in [0.15, 0.2) is 28.0 Å². The molecule has 23 heavy (non-hydrogen) atoms. The van der Waals surface area contributed by atoms with Gasteiger partial charge in [0.15, 0.2) is 5.16 Å². The molecular formula is C17H23N3O2S. The third kappa shape index (κ3) is 3.63. The largest absolute Gasteiger partial charge is 0.466 e. The van der Waals surface area contributed by atoms with Crippen LogP contribution in [-0.2, 0) is 18.3 Å². The minimum absolute atomic E-state index is 0.0284. The second kappa shape index (κ2) is 6.07. The number of aryl methyl sites for hydroxylation is 2. The van der Waals surface area contributed by atoms with Gasteiger partial charge < -0.3 is 14.3 Å². The van der Waals surface area contributed by atoms with Crippen molar-refractivity contribution in [1.29, 1.82) is 0 Å². The van der Waals surface area contributed by atoms with Crippen molar-refractivity contribution in [2.24, 2.45) is 12.5 Å². The first kappa shape index (κ1) is 16.2. The number of furan rings is 1. The number of amides is 1. The third-order valence-corrected chi connectivity index (χ3v) is 5.24. The van der Waals surface area contributed by atoms with Crippen LogP contribution in [0, 0.1) is 12.3 Å². The van der Waals surface area contributed by atoms with E-state index in [2.05, 4.69) is 30.2 Å². The van der Waals surface area contributed by atoms with E-state index in [4.69, 9.17) is 4.42 Å². The van der Waals surface area contributed by atoms with E-state index >= 15 is 0 Å². The fourth-order valence-electron chi connectivity index (χ4n) is 3.17. The van der Waals surface area contributed by atoms with Crippen molar-refractivity contribution in [2.45, 2.75) is 44.8 Å². The number of imidazole rings is 1. The van der Waals surface area contributed by atoms with Crippen LogP contribution < -0.4 is 5.32 Å². The Morgan fingerprint density at radius 1 is 1.57 bits per heavy atom. The molecular weight excluding hydrogens is 310 g/mol. The quantitative estimate of drug-likeness (QED) is 0.873. The SMILES string of the molecule is Cc1cc2c(o1)CC(C)(C)CC2NC(=O)CSc1nccn1C. The number of thioether (sulfide) groups is 1. The predicted octanol–water partition coefficient (Wildman–Crippen LogP) is 3.24. The Bertz CT molecular complexity index is 717. The fraction of sp³-hybridized carbons (Fsp3) is 0.529. The van der Waals surface area contributed by atoms with E-state index in [1.54, 1.807) is 6.20 Å². The zero-order valence-electron chi connectivity index (χ0n) is 14.0. The van der Waals surface area contributed by atoms with Gasteiger partial charge in [0.25, 0.3) is 0 Å². The van der Waals surface area contributed by atoms with Crippen molar-refractivity contribution < 1.29 is 9.21 Å². The highest BCUT2D eigenvalue weighted by Gasteiger charge is 2.35. The van der Waals surface area contributed by atoms with Crippen LogP contribution >= 0.6 is 11.8 Å². The second-order valence-corrected chi connectivity index (χ2v) is 7.95. The summed E-state index contributed by atoms with van der Waals surface area (Å²) in [5.41, 5.74) is 1.26. The van der Waals surface area contributed by atoms with Crippen molar-refractivity contribution >= 4 is 17.7 Å². The first-order valence-electron chi connectivity index (χ1n) is 7.83. The van der Waals surface area contributed by atoms with Crippen LogP contribution in [0.3, 0.4) is 0 Å². The molecule has 0 bridgehead atoms. The van der Waals surface area contributed by atoms with Gasteiger partial charge in [0.2, 0.25) is 5.91 Å². The van der Waals surface area contributed by atoms with Gasteiger partial charge in [0.1, 0.15) is 11.5 Å². The van der Waals surface area contributed by atoms with Gasteiger partial charge in [-0.2, -0.15) is 0 Å². The maximum Gasteiger partial charge on any atom is 0.230 e. The summed E-state index contributed by atoms with van der Waals surface area (Å²) in [6, 6.07) is 2.09. The fourth-order valence-corrected chi connectivity index (χ4v) is 3.91. The van der Waals surface area contributed by atoms with E-state index in [0.717, 1.165) is 35.1 Å². The van der Waals surface area contributed by atoms with E-state index in [9.17, 15) is 4.79 Å². The lowest BCUT2D eigenvalue weighted by molar-refractivity contribution is -0.119. The molecule has 1 N–H and O–H groups in total. The molecule has 1 amide bonds. The van der Waals surface area contributed by atoms with Crippen molar-refractivity contribution in [3.05, 3.63) is 35.5 Å². The monoisotopic (exact) mass is 333 g/mol. The molecule has 3 rings (SSSR count). The Labute approximate surface area is 140 Å². The number of fused-ring (bicyclic) bond motifs is 1. The number of hydrogen-bond acceptors (Lipinski definition) is 4. The van der Waals surface area contributed by atoms with Crippen LogP contribution in [0.4, 0.5) is 0 Å². The first-order valence-corrected chi connectivity index (χ1v) is 8.81. The smallest absolute Gasteiger partial charge is 0.230 e. The highest BCUT2D eigenvalue weighted by atomic mass is 32.2. The van der Waals surface area contributed by atoms with Crippen molar-refractivity contribution in [1.82, 2.24) is 14.9 Å². The summed E-state index contributed by atoms with van der Waals surface area (Å²) in [4.78, 5) is 16.6. The summed E-state index contributed by atoms with van der Waals surface area (Å²) in [6.45, 7) is 6.40. The topological polar surface area (TPSA) is 60.1 Å². The van der Waals surface area contributed by atoms with E-state index in [0.29, 0.717) is 5.75 Å². The van der Waals surface area contributed by atoms with Gasteiger partial charge in [0.05, 0.1) is 11.8 Å². The number of rotatable bonds is 4. The minimum atomic E-state index is 0.0284. The summed E-state index contributed by atoms with van der Waals surface area (Å²) < 4.78 is 7.73. The molecule has 2 aromatic heterocycles. The molecule has 1 aliphatic carbocycles. The zero-order chi connectivity index (χ0) is 16.6. The molecule has 124 valence electrons. The number of carbonyl (C=O) groups is 1. The lowest BCUT2D eigenvalue weighted by Crippen LogP contribution is -2.36. The van der Waals surface area contributed by atoms with E-state index in [1.165, 1.54) is 11.8 Å². The minimum Gasteiger partial charge on any atom is -0.466 e. The Balaban J connectivity index is 1.67. The molecule has 0 fully saturated rings. The van der Waals surface area contributed by atoms with Gasteiger partial charge in [-0.05, 0) is 24.8 Å². The maximum absolute atomic E-state index is 12.3. The normalized spacial score (nSPS) is 19.4. The van der Waals surface area contributed by atoms with Crippen LogP contribution in [0.25, 0.3) is 0 Å². The molecule has 1 atom stereocenters. The molecule has 6 heteroatoms. The zero-order valence-corrected chi connectivity index (χ0v) is 14.9. The van der Waals surface area contributed by atoms with E-state index in [1.807, 2.05) is 24.7 Å². The van der Waals surface area contributed by atoms with E-state index < -0.39 is 0 Å². The summed E-state index contributed by atoms with van der Waals surface area (Å²) in [6.07, 6.45) is 5.47. The maximum atomic E-state index is 12.3. The molecule has 1 unspecified atom stereocenters. The van der Waals surface area contributed by atoms with Crippen molar-refractivity contribution in [3.8, 4) is 0 Å². The third-order valence-electron chi connectivity index (χ3n) is 4.18. The molecule has 5 nitrogen and oxygen atoms in total. The Kier molecular flexibility index (Phi) is 4.27. The van der Waals surface area contributed by atoms with Gasteiger partial charge in [-0.1, -0.05) is 25.6 Å². The number of carbonyl (C=O) groups excluding carboxylic acids is 1. The van der Waals surface area contributed by atoms with Gasteiger partial charge in [-0.15, -0.1) is 0 Å². The summed E-state index contributed by atoms with van der Waals surface area (Å²) >= 11 is 1.45. The van der Waals surface area contributed by atoms with Crippen LogP contribution in [0.1, 0.15) is 43.4 Å². The Hall–Kier alpha value is -1.69. The molecule has 0 spiro atoms. The highest BCUT2D eigenvalue weighted by molar-refractivity contribution is 7.99. The predicted molar refractivity (Wildman–Crippen MR) is 90.4 cm³/mol. The van der Waals surface area contributed by atoms with Gasteiger partial charge in [-0.25, -0.2) is 4.98 Å². The summed E-state index contributed by atoms with van der Waals surface area (Å²) in [7, 11) is 1.93. The van der Waals surface area contributed by atoms with Crippen molar-refractivity contribution in [2.75, 3.05) is 5.75 Å².